The van der Waals surface area contributed by atoms with E-state index in [0.29, 0.717) is 0 Å². The lowest BCUT2D eigenvalue weighted by molar-refractivity contribution is 0.447. The Hall–Kier alpha value is -9.44. The van der Waals surface area contributed by atoms with Crippen LogP contribution in [-0.4, -0.2) is 0 Å². The molecule has 3 heteroatoms. The van der Waals surface area contributed by atoms with Crippen molar-refractivity contribution in [2.75, 3.05) is 4.90 Å². The molecule has 12 aromatic carbocycles. The van der Waals surface area contributed by atoms with Gasteiger partial charge in [0.15, 0.2) is 0 Å². The average Bonchev–Trinajstić information content (AvgIpc) is 4.17. The Morgan fingerprint density at radius 2 is 0.836 bits per heavy atom. The maximum atomic E-state index is 7.36. The standard InChI is InChI=1S/C70H43NO2/c1-3-21-46(22-4-1)69(47-23-5-2-6-24-47)55-30-14-11-27-51(55)52-40-39-48(43-60(52)69)71(62-34-18-36-64-66(62)54-29-13-16-35-63(54)72-64)61-33-17-32-57-65(61)53-28-12-15-31-56(53)70(57)58-41-37-44-19-7-9-25-49(44)67(58)73-68-50-26-10-8-20-45(50)38-42-59(68)70/h1-43H. The maximum absolute atomic E-state index is 7.36. The summed E-state index contributed by atoms with van der Waals surface area (Å²) in [7, 11) is 0. The van der Waals surface area contributed by atoms with Crippen LogP contribution in [0.25, 0.3) is 65.7 Å². The van der Waals surface area contributed by atoms with E-state index in [1.165, 1.54) is 55.6 Å². The van der Waals surface area contributed by atoms with Crippen molar-refractivity contribution in [3.63, 3.8) is 0 Å². The van der Waals surface area contributed by atoms with Crippen molar-refractivity contribution < 1.29 is 9.15 Å². The monoisotopic (exact) mass is 929 g/mol. The largest absolute Gasteiger partial charge is 0.456 e. The second kappa shape index (κ2) is 15.0. The van der Waals surface area contributed by atoms with Crippen LogP contribution in [0.1, 0.15) is 44.5 Å². The fourth-order valence-corrected chi connectivity index (χ4v) is 13.5. The van der Waals surface area contributed by atoms with Gasteiger partial charge in [-0.3, -0.25) is 0 Å². The van der Waals surface area contributed by atoms with Crippen LogP contribution in [0.4, 0.5) is 17.1 Å². The van der Waals surface area contributed by atoms with Gasteiger partial charge in [0.2, 0.25) is 0 Å². The number of hydrogen-bond acceptors (Lipinski definition) is 3. The second-order valence-corrected chi connectivity index (χ2v) is 19.8. The molecule has 0 bridgehead atoms. The van der Waals surface area contributed by atoms with E-state index < -0.39 is 10.8 Å². The number of anilines is 3. The SMILES string of the molecule is c1ccc(C2(c3ccccc3)c3ccccc3-c3ccc(N(c4cccc5c4-c4ccccc4C54c5ccc6ccccc6c5Oc5c4ccc4ccccc54)c4cccc5oc6ccccc6c45)cc32)cc1. The number of hydrogen-bond donors (Lipinski definition) is 0. The molecule has 0 N–H and O–H groups in total. The van der Waals surface area contributed by atoms with Crippen molar-refractivity contribution in [1.29, 1.82) is 0 Å². The summed E-state index contributed by atoms with van der Waals surface area (Å²) >= 11 is 0. The van der Waals surface area contributed by atoms with Gasteiger partial charge in [-0.05, 0) is 97.2 Å². The van der Waals surface area contributed by atoms with Crippen LogP contribution in [0, 0.1) is 0 Å². The normalized spacial score (nSPS) is 14.1. The Balaban J connectivity index is 1.04. The van der Waals surface area contributed by atoms with E-state index in [9.17, 15) is 0 Å². The van der Waals surface area contributed by atoms with E-state index in [2.05, 4.69) is 266 Å². The van der Waals surface area contributed by atoms with Crippen LogP contribution < -0.4 is 9.64 Å². The lowest BCUT2D eigenvalue weighted by atomic mass is 9.65. The Morgan fingerprint density at radius 3 is 1.53 bits per heavy atom. The molecule has 0 amide bonds. The van der Waals surface area contributed by atoms with Crippen molar-refractivity contribution in [2.45, 2.75) is 10.8 Å². The molecule has 0 radical (unpaired) electrons. The lowest BCUT2D eigenvalue weighted by Gasteiger charge is -2.40. The number of furan rings is 1. The summed E-state index contributed by atoms with van der Waals surface area (Å²) in [5.41, 5.74) is 18.1. The molecule has 1 spiro atoms. The Labute approximate surface area is 422 Å². The Morgan fingerprint density at radius 1 is 0.315 bits per heavy atom. The number of benzene rings is 12. The minimum Gasteiger partial charge on any atom is -0.456 e. The van der Waals surface area contributed by atoms with Gasteiger partial charge >= 0.3 is 0 Å². The molecule has 0 fully saturated rings. The van der Waals surface area contributed by atoms with E-state index in [1.807, 2.05) is 0 Å². The second-order valence-electron chi connectivity index (χ2n) is 19.8. The maximum Gasteiger partial charge on any atom is 0.140 e. The number of ether oxygens (including phenoxy) is 1. The number of fused-ring (bicyclic) bond motifs is 19. The molecule has 73 heavy (non-hydrogen) atoms. The topological polar surface area (TPSA) is 25.6 Å². The molecular weight excluding hydrogens is 887 g/mol. The van der Waals surface area contributed by atoms with Crippen molar-refractivity contribution in [3.8, 4) is 33.8 Å². The van der Waals surface area contributed by atoms with Crippen molar-refractivity contribution in [1.82, 2.24) is 0 Å². The van der Waals surface area contributed by atoms with E-state index in [4.69, 9.17) is 9.15 Å². The van der Waals surface area contributed by atoms with Crippen LogP contribution in [0.5, 0.6) is 11.5 Å². The van der Waals surface area contributed by atoms with Gasteiger partial charge in [-0.1, -0.05) is 224 Å². The van der Waals surface area contributed by atoms with Crippen LogP contribution in [0.15, 0.2) is 265 Å². The highest BCUT2D eigenvalue weighted by molar-refractivity contribution is 6.14. The first-order valence-electron chi connectivity index (χ1n) is 25.2. The molecule has 0 saturated carbocycles. The molecule has 0 saturated heterocycles. The van der Waals surface area contributed by atoms with Gasteiger partial charge in [-0.15, -0.1) is 0 Å². The summed E-state index contributed by atoms with van der Waals surface area (Å²) in [5, 5.41) is 6.63. The molecule has 2 aliphatic carbocycles. The van der Waals surface area contributed by atoms with Crippen LogP contribution in [0.2, 0.25) is 0 Å². The predicted octanol–water partition coefficient (Wildman–Crippen LogP) is 18.2. The van der Waals surface area contributed by atoms with Crippen LogP contribution >= 0.6 is 0 Å². The van der Waals surface area contributed by atoms with Crippen molar-refractivity contribution in [2.24, 2.45) is 0 Å². The zero-order valence-corrected chi connectivity index (χ0v) is 39.6. The number of para-hydroxylation sites is 1. The zero-order chi connectivity index (χ0) is 47.8. The summed E-state index contributed by atoms with van der Waals surface area (Å²) in [5.74, 6) is 1.80. The quantitative estimate of drug-likeness (QED) is 0.172. The molecule has 16 rings (SSSR count). The fraction of sp³-hybridized carbons (Fsp3) is 0.0286. The van der Waals surface area contributed by atoms with Gasteiger partial charge in [-0.2, -0.15) is 0 Å². The zero-order valence-electron chi connectivity index (χ0n) is 39.6. The Bertz CT molecular complexity index is 4310. The van der Waals surface area contributed by atoms with E-state index in [0.717, 1.165) is 83.2 Å². The predicted molar refractivity (Wildman–Crippen MR) is 298 cm³/mol. The first-order valence-corrected chi connectivity index (χ1v) is 25.2. The third-order valence-corrected chi connectivity index (χ3v) is 16.4. The summed E-state index contributed by atoms with van der Waals surface area (Å²) < 4.78 is 14.1. The van der Waals surface area contributed by atoms with Gasteiger partial charge in [0.25, 0.3) is 0 Å². The molecule has 3 nitrogen and oxygen atoms in total. The average molecular weight is 930 g/mol. The lowest BCUT2D eigenvalue weighted by Crippen LogP contribution is -2.32. The molecule has 1 aliphatic heterocycles. The van der Waals surface area contributed by atoms with Gasteiger partial charge in [-0.25, -0.2) is 0 Å². The van der Waals surface area contributed by atoms with Gasteiger partial charge < -0.3 is 14.1 Å². The van der Waals surface area contributed by atoms with Gasteiger partial charge in [0.1, 0.15) is 22.7 Å². The van der Waals surface area contributed by atoms with Crippen LogP contribution in [0.3, 0.4) is 0 Å². The highest BCUT2D eigenvalue weighted by atomic mass is 16.5. The third kappa shape index (κ3) is 5.27. The molecular formula is C70H43NO2. The highest BCUT2D eigenvalue weighted by Crippen LogP contribution is 2.66. The third-order valence-electron chi connectivity index (χ3n) is 16.4. The van der Waals surface area contributed by atoms with Crippen molar-refractivity contribution in [3.05, 3.63) is 305 Å². The van der Waals surface area contributed by atoms with E-state index in [-0.39, 0.29) is 0 Å². The van der Waals surface area contributed by atoms with Crippen molar-refractivity contribution >= 4 is 60.5 Å². The molecule has 13 aromatic rings. The smallest absolute Gasteiger partial charge is 0.140 e. The first-order chi connectivity index (χ1) is 36.2. The minimum atomic E-state index is -0.728. The fourth-order valence-electron chi connectivity index (χ4n) is 13.5. The first kappa shape index (κ1) is 40.3. The molecule has 340 valence electrons. The number of nitrogens with zero attached hydrogens (tertiary/aromatic N) is 1. The van der Waals surface area contributed by atoms with Gasteiger partial charge in [0, 0.05) is 38.5 Å². The molecule has 2 heterocycles. The summed E-state index contributed by atoms with van der Waals surface area (Å²) in [6, 6.07) is 96.0. The van der Waals surface area contributed by atoms with Crippen LogP contribution in [-0.2, 0) is 10.8 Å². The summed E-state index contributed by atoms with van der Waals surface area (Å²) in [4.78, 5) is 2.53. The molecule has 1 aromatic heterocycles. The molecule has 0 atom stereocenters. The summed E-state index contributed by atoms with van der Waals surface area (Å²) in [6.07, 6.45) is 0. The highest BCUT2D eigenvalue weighted by Gasteiger charge is 2.53. The van der Waals surface area contributed by atoms with E-state index in [1.54, 1.807) is 0 Å². The minimum absolute atomic E-state index is 0.596. The van der Waals surface area contributed by atoms with E-state index >= 15 is 0 Å². The number of rotatable bonds is 5. The molecule has 3 aliphatic rings. The van der Waals surface area contributed by atoms with Gasteiger partial charge in [0.05, 0.1) is 27.6 Å². The molecule has 0 unspecified atom stereocenters. The Kier molecular flexibility index (Phi) is 8.30. The summed E-state index contributed by atoms with van der Waals surface area (Å²) in [6.45, 7) is 0.